The highest BCUT2D eigenvalue weighted by Gasteiger charge is 2.35. The van der Waals surface area contributed by atoms with Crippen molar-refractivity contribution in [2.75, 3.05) is 11.9 Å². The molecule has 5 amide bonds. The quantitative estimate of drug-likeness (QED) is 0.221. The lowest BCUT2D eigenvalue weighted by Crippen LogP contribution is -2.38. The summed E-state index contributed by atoms with van der Waals surface area (Å²) >= 11 is 0. The first-order chi connectivity index (χ1) is 16.9. The molecular formula is C25H20N6O4. The summed E-state index contributed by atoms with van der Waals surface area (Å²) in [7, 11) is 0. The third-order valence-corrected chi connectivity index (χ3v) is 5.25. The molecule has 0 bridgehead atoms. The lowest BCUT2D eigenvalue weighted by Gasteiger charge is -2.12. The lowest BCUT2D eigenvalue weighted by atomic mass is 10.2. The van der Waals surface area contributed by atoms with Gasteiger partial charge in [0.1, 0.15) is 12.2 Å². The number of nitriles is 1. The molecule has 35 heavy (non-hydrogen) atoms. The number of benzene rings is 2. The van der Waals surface area contributed by atoms with Gasteiger partial charge >= 0.3 is 6.03 Å². The van der Waals surface area contributed by atoms with Crippen LogP contribution >= 0.6 is 0 Å². The average Bonchev–Trinajstić information content (AvgIpc) is 3.41. The van der Waals surface area contributed by atoms with Gasteiger partial charge in [0.2, 0.25) is 5.91 Å². The van der Waals surface area contributed by atoms with Crippen LogP contribution < -0.4 is 16.0 Å². The van der Waals surface area contributed by atoms with E-state index in [1.807, 2.05) is 19.1 Å². The van der Waals surface area contributed by atoms with Crippen molar-refractivity contribution in [2.24, 2.45) is 0 Å². The second kappa shape index (κ2) is 9.76. The summed E-state index contributed by atoms with van der Waals surface area (Å²) in [5, 5.41) is 15.8. The monoisotopic (exact) mass is 468 g/mol. The molecule has 10 heteroatoms. The van der Waals surface area contributed by atoms with Crippen molar-refractivity contribution in [3.63, 3.8) is 0 Å². The molecular weight excluding hydrogens is 448 g/mol. The smallest absolute Gasteiger partial charge is 0.325 e. The van der Waals surface area contributed by atoms with Gasteiger partial charge in [-0.1, -0.05) is 17.7 Å². The Morgan fingerprint density at radius 2 is 1.77 bits per heavy atom. The highest BCUT2D eigenvalue weighted by molar-refractivity contribution is 6.15. The molecule has 1 fully saturated rings. The zero-order valence-corrected chi connectivity index (χ0v) is 18.6. The molecule has 0 spiro atoms. The van der Waals surface area contributed by atoms with E-state index in [0.29, 0.717) is 22.6 Å². The normalized spacial score (nSPS) is 13.9. The summed E-state index contributed by atoms with van der Waals surface area (Å²) in [6.45, 7) is 1.50. The Morgan fingerprint density at radius 3 is 2.46 bits per heavy atom. The van der Waals surface area contributed by atoms with Crippen LogP contribution in [0.5, 0.6) is 0 Å². The first-order valence-electron chi connectivity index (χ1n) is 10.5. The van der Waals surface area contributed by atoms with Gasteiger partial charge in [0, 0.05) is 28.8 Å². The Labute approximate surface area is 200 Å². The van der Waals surface area contributed by atoms with Gasteiger partial charge < -0.3 is 15.2 Å². The molecule has 174 valence electrons. The lowest BCUT2D eigenvalue weighted by molar-refractivity contribution is -0.127. The number of imide groups is 1. The number of hydrogen-bond donors (Lipinski definition) is 3. The molecule has 4 rings (SSSR count). The van der Waals surface area contributed by atoms with Crippen molar-refractivity contribution in [1.29, 1.82) is 5.26 Å². The fourth-order valence-electron chi connectivity index (χ4n) is 3.49. The van der Waals surface area contributed by atoms with Crippen LogP contribution in [0.2, 0.25) is 0 Å². The molecule has 1 aliphatic rings. The number of aryl methyl sites for hydroxylation is 1. The Hall–Kier alpha value is -5.17. The Bertz CT molecular complexity index is 1380. The van der Waals surface area contributed by atoms with E-state index in [1.54, 1.807) is 65.5 Å². The average molecular weight is 468 g/mol. The molecule has 2 heterocycles. The summed E-state index contributed by atoms with van der Waals surface area (Å²) < 4.78 is 1.76. The largest absolute Gasteiger partial charge is 0.329 e. The van der Waals surface area contributed by atoms with Gasteiger partial charge in [-0.25, -0.2) is 9.69 Å². The summed E-state index contributed by atoms with van der Waals surface area (Å²) in [4.78, 5) is 50.2. The summed E-state index contributed by atoms with van der Waals surface area (Å²) in [6, 6.07) is 16.5. The molecule has 0 unspecified atom stereocenters. The van der Waals surface area contributed by atoms with Crippen LogP contribution in [0.4, 0.5) is 10.5 Å². The fraction of sp³-hybridized carbons (Fsp3) is 0.0800. The predicted octanol–water partition coefficient (Wildman–Crippen LogP) is 2.53. The SMILES string of the molecule is Cc1ccc(NC(=O)CN2C(=O)N/C(=C\c3cccn3-c3ccc(C(=O)NC#N)cc3)C2=O)cc1. The zero-order chi connectivity index (χ0) is 24.9. The van der Waals surface area contributed by atoms with Crippen molar-refractivity contribution in [3.05, 3.63) is 89.4 Å². The molecule has 0 radical (unpaired) electrons. The number of carbonyl (C=O) groups is 4. The van der Waals surface area contributed by atoms with Crippen molar-refractivity contribution >= 4 is 35.5 Å². The Balaban J connectivity index is 1.48. The molecule has 1 aliphatic heterocycles. The maximum absolute atomic E-state index is 12.8. The van der Waals surface area contributed by atoms with E-state index in [1.165, 1.54) is 6.08 Å². The minimum Gasteiger partial charge on any atom is -0.325 e. The number of nitrogens with zero attached hydrogens (tertiary/aromatic N) is 3. The van der Waals surface area contributed by atoms with Crippen LogP contribution in [0.3, 0.4) is 0 Å². The molecule has 0 aliphatic carbocycles. The van der Waals surface area contributed by atoms with Gasteiger partial charge in [-0.2, -0.15) is 5.26 Å². The van der Waals surface area contributed by atoms with Crippen molar-refractivity contribution in [1.82, 2.24) is 20.1 Å². The predicted molar refractivity (Wildman–Crippen MR) is 127 cm³/mol. The number of urea groups is 1. The first-order valence-corrected chi connectivity index (χ1v) is 10.5. The number of nitrogens with one attached hydrogen (secondary N) is 3. The van der Waals surface area contributed by atoms with E-state index in [-0.39, 0.29) is 5.70 Å². The van der Waals surface area contributed by atoms with E-state index in [4.69, 9.17) is 5.26 Å². The molecule has 3 N–H and O–H groups in total. The molecule has 0 saturated carbocycles. The number of amides is 5. The fourth-order valence-corrected chi connectivity index (χ4v) is 3.49. The summed E-state index contributed by atoms with van der Waals surface area (Å²) in [6.07, 6.45) is 4.85. The van der Waals surface area contributed by atoms with Gasteiger partial charge in [-0.05, 0) is 61.5 Å². The van der Waals surface area contributed by atoms with E-state index >= 15 is 0 Å². The number of hydrogen-bond acceptors (Lipinski definition) is 5. The first kappa shape index (κ1) is 23.0. The van der Waals surface area contributed by atoms with Crippen LogP contribution in [-0.2, 0) is 9.59 Å². The second-order valence-corrected chi connectivity index (χ2v) is 7.71. The van der Waals surface area contributed by atoms with Crippen LogP contribution in [0.1, 0.15) is 21.6 Å². The highest BCUT2D eigenvalue weighted by atomic mass is 16.2. The van der Waals surface area contributed by atoms with E-state index in [2.05, 4.69) is 16.0 Å². The molecule has 1 saturated heterocycles. The summed E-state index contributed by atoms with van der Waals surface area (Å²) in [5.41, 5.74) is 3.24. The topological polar surface area (TPSA) is 136 Å². The molecule has 3 aromatic rings. The molecule has 2 aromatic carbocycles. The Kier molecular flexibility index (Phi) is 6.42. The second-order valence-electron chi connectivity index (χ2n) is 7.71. The number of aromatic nitrogens is 1. The maximum atomic E-state index is 12.8. The van der Waals surface area contributed by atoms with E-state index in [0.717, 1.165) is 10.5 Å². The third kappa shape index (κ3) is 5.09. The van der Waals surface area contributed by atoms with Gasteiger partial charge in [-0.3, -0.25) is 19.7 Å². The number of rotatable bonds is 6. The number of carbonyl (C=O) groups excluding carboxylic acids is 4. The standard InChI is InChI=1S/C25H20N6O4/c1-16-4-8-18(9-5-16)28-22(32)14-31-24(34)21(29-25(31)35)13-20-3-2-12-30(20)19-10-6-17(7-11-19)23(33)27-15-26/h2-13H,14H2,1H3,(H,27,33)(H,28,32)(H,29,35)/b21-13-. The zero-order valence-electron chi connectivity index (χ0n) is 18.6. The van der Waals surface area contributed by atoms with Crippen molar-refractivity contribution < 1.29 is 19.2 Å². The van der Waals surface area contributed by atoms with Gasteiger partial charge in [0.25, 0.3) is 11.8 Å². The molecule has 10 nitrogen and oxygen atoms in total. The van der Waals surface area contributed by atoms with Gasteiger partial charge in [0.05, 0.1) is 0 Å². The van der Waals surface area contributed by atoms with E-state index < -0.39 is 30.3 Å². The molecule has 0 atom stereocenters. The van der Waals surface area contributed by atoms with Crippen molar-refractivity contribution in [2.45, 2.75) is 6.92 Å². The van der Waals surface area contributed by atoms with Crippen LogP contribution in [0.15, 0.2) is 72.6 Å². The number of anilines is 1. The summed E-state index contributed by atoms with van der Waals surface area (Å²) in [5.74, 6) is -1.63. The highest BCUT2D eigenvalue weighted by Crippen LogP contribution is 2.19. The Morgan fingerprint density at radius 1 is 1.06 bits per heavy atom. The van der Waals surface area contributed by atoms with Gasteiger partial charge in [0.15, 0.2) is 6.19 Å². The third-order valence-electron chi connectivity index (χ3n) is 5.25. The van der Waals surface area contributed by atoms with Gasteiger partial charge in [-0.15, -0.1) is 0 Å². The van der Waals surface area contributed by atoms with Crippen molar-refractivity contribution in [3.8, 4) is 11.9 Å². The van der Waals surface area contributed by atoms with Crippen LogP contribution in [0, 0.1) is 18.4 Å². The van der Waals surface area contributed by atoms with E-state index in [9.17, 15) is 19.2 Å². The molecule has 1 aromatic heterocycles. The van der Waals surface area contributed by atoms with Crippen LogP contribution in [-0.4, -0.2) is 39.8 Å². The minimum absolute atomic E-state index is 0.0307. The van der Waals surface area contributed by atoms with Crippen LogP contribution in [0.25, 0.3) is 11.8 Å². The minimum atomic E-state index is -0.689. The maximum Gasteiger partial charge on any atom is 0.329 e.